The van der Waals surface area contributed by atoms with E-state index in [1.165, 1.54) is 37.4 Å². The number of nitrogens with one attached hydrogen (secondary N) is 2. The maximum Gasteiger partial charge on any atom is 0.238 e. The fraction of sp³-hybridized carbons (Fsp3) is 0.471. The van der Waals surface area contributed by atoms with Crippen LogP contribution in [0.1, 0.15) is 49.3 Å². The number of hydrogen-bond acceptors (Lipinski definition) is 4. The highest BCUT2D eigenvalue weighted by molar-refractivity contribution is 8.00. The van der Waals surface area contributed by atoms with Crippen LogP contribution in [-0.2, 0) is 4.79 Å². The Kier molecular flexibility index (Phi) is 5.69. The van der Waals surface area contributed by atoms with Crippen molar-refractivity contribution in [3.63, 3.8) is 0 Å². The number of amides is 1. The van der Waals surface area contributed by atoms with Gasteiger partial charge in [0.25, 0.3) is 0 Å². The molecule has 0 unspecified atom stereocenters. The third-order valence-electron chi connectivity index (χ3n) is 4.17. The van der Waals surface area contributed by atoms with Crippen molar-refractivity contribution in [2.45, 2.75) is 54.8 Å². The lowest BCUT2D eigenvalue weighted by molar-refractivity contribution is -0.121. The van der Waals surface area contributed by atoms with Gasteiger partial charge in [-0.05, 0) is 18.4 Å². The zero-order valence-corrected chi connectivity index (χ0v) is 13.9. The first-order valence-electron chi connectivity index (χ1n) is 8.20. The van der Waals surface area contributed by atoms with Crippen LogP contribution in [0.2, 0.25) is 0 Å². The van der Waals surface area contributed by atoms with E-state index in [-0.39, 0.29) is 11.2 Å². The first-order valence-corrected chi connectivity index (χ1v) is 9.08. The first-order chi connectivity index (χ1) is 11.3. The van der Waals surface area contributed by atoms with Crippen LogP contribution in [0.5, 0.6) is 0 Å². The lowest BCUT2D eigenvalue weighted by Crippen LogP contribution is -2.37. The molecule has 1 fully saturated rings. The molecule has 1 saturated carbocycles. The van der Waals surface area contributed by atoms with E-state index in [9.17, 15) is 4.79 Å². The van der Waals surface area contributed by atoms with Crippen molar-refractivity contribution < 1.29 is 4.79 Å². The molecule has 0 aliphatic heterocycles. The Morgan fingerprint density at radius 2 is 1.91 bits per heavy atom. The van der Waals surface area contributed by atoms with Gasteiger partial charge in [-0.1, -0.05) is 67.8 Å². The monoisotopic (exact) mass is 330 g/mol. The van der Waals surface area contributed by atoms with Crippen molar-refractivity contribution in [2.75, 3.05) is 0 Å². The maximum absolute atomic E-state index is 12.9. The molecule has 122 valence electrons. The predicted molar refractivity (Wildman–Crippen MR) is 91.1 cm³/mol. The van der Waals surface area contributed by atoms with Gasteiger partial charge in [-0.2, -0.15) is 10.3 Å². The number of hydrogen-bond donors (Lipinski definition) is 2. The topological polar surface area (TPSA) is 70.7 Å². The molecule has 6 heteroatoms. The van der Waals surface area contributed by atoms with Gasteiger partial charge < -0.3 is 5.32 Å². The molecule has 0 bridgehead atoms. The molecule has 2 aromatic rings. The first kappa shape index (κ1) is 16.1. The number of rotatable bonds is 5. The molecule has 1 amide bonds. The van der Waals surface area contributed by atoms with E-state index < -0.39 is 0 Å². The number of benzene rings is 1. The molecule has 1 aliphatic carbocycles. The summed E-state index contributed by atoms with van der Waals surface area (Å²) in [6.07, 6.45) is 8.79. The van der Waals surface area contributed by atoms with Crippen LogP contribution in [0, 0.1) is 0 Å². The van der Waals surface area contributed by atoms with Gasteiger partial charge in [0.1, 0.15) is 10.3 Å². The second kappa shape index (κ2) is 8.15. The number of carbonyl (C=O) groups is 1. The maximum atomic E-state index is 12.9. The molecule has 0 spiro atoms. The van der Waals surface area contributed by atoms with Gasteiger partial charge in [0.2, 0.25) is 5.91 Å². The van der Waals surface area contributed by atoms with Crippen molar-refractivity contribution in [3.05, 3.63) is 42.1 Å². The Labute approximate surface area is 140 Å². The summed E-state index contributed by atoms with van der Waals surface area (Å²) in [5.41, 5.74) is 0.992. The third-order valence-corrected chi connectivity index (χ3v) is 5.33. The smallest absolute Gasteiger partial charge is 0.238 e. The third kappa shape index (κ3) is 4.58. The zero-order chi connectivity index (χ0) is 15.9. The molecule has 2 N–H and O–H groups in total. The average Bonchev–Trinajstić information content (AvgIpc) is 2.97. The highest BCUT2D eigenvalue weighted by atomic mass is 32.2. The molecular formula is C17H22N4OS. The van der Waals surface area contributed by atoms with Crippen LogP contribution >= 0.6 is 11.8 Å². The second-order valence-electron chi connectivity index (χ2n) is 5.91. The van der Waals surface area contributed by atoms with E-state index in [0.29, 0.717) is 6.04 Å². The minimum atomic E-state index is -0.301. The van der Waals surface area contributed by atoms with Crippen LogP contribution in [0.3, 0.4) is 0 Å². The van der Waals surface area contributed by atoms with Crippen molar-refractivity contribution in [2.24, 2.45) is 0 Å². The van der Waals surface area contributed by atoms with Crippen molar-refractivity contribution in [1.82, 2.24) is 20.7 Å². The summed E-state index contributed by atoms with van der Waals surface area (Å²) in [4.78, 5) is 12.9. The standard InChI is InChI=1S/C17H22N4OS/c22-17(19-14-10-6-1-2-7-11-14)16(13-8-4-3-5-9-13)23-15-12-18-21-20-15/h3-5,8-9,12,14,16H,1-2,6-7,10-11H2,(H,19,22)(H,18,20,21)/t16-/m0/s1. The summed E-state index contributed by atoms with van der Waals surface area (Å²) >= 11 is 1.43. The minimum Gasteiger partial charge on any atom is -0.352 e. The minimum absolute atomic E-state index is 0.0658. The van der Waals surface area contributed by atoms with Crippen LogP contribution in [-0.4, -0.2) is 27.4 Å². The fourth-order valence-corrected chi connectivity index (χ4v) is 3.89. The van der Waals surface area contributed by atoms with Crippen molar-refractivity contribution in [3.8, 4) is 0 Å². The van der Waals surface area contributed by atoms with Crippen LogP contribution in [0.4, 0.5) is 0 Å². The van der Waals surface area contributed by atoms with Gasteiger partial charge in [-0.3, -0.25) is 4.79 Å². The molecule has 3 rings (SSSR count). The Bertz CT molecular complexity index is 594. The molecule has 5 nitrogen and oxygen atoms in total. The van der Waals surface area contributed by atoms with Gasteiger partial charge in [-0.15, -0.1) is 5.10 Å². The lowest BCUT2D eigenvalue weighted by Gasteiger charge is -2.21. The van der Waals surface area contributed by atoms with E-state index in [4.69, 9.17) is 0 Å². The van der Waals surface area contributed by atoms with Crippen molar-refractivity contribution >= 4 is 17.7 Å². The Morgan fingerprint density at radius 1 is 1.17 bits per heavy atom. The van der Waals surface area contributed by atoms with Gasteiger partial charge in [0.15, 0.2) is 0 Å². The van der Waals surface area contributed by atoms with Gasteiger partial charge in [0.05, 0.1) is 6.20 Å². The summed E-state index contributed by atoms with van der Waals surface area (Å²) in [7, 11) is 0. The largest absolute Gasteiger partial charge is 0.352 e. The molecule has 1 aromatic carbocycles. The quantitative estimate of drug-likeness (QED) is 0.650. The number of aromatic amines is 1. The summed E-state index contributed by atoms with van der Waals surface area (Å²) in [5.74, 6) is 0.0658. The average molecular weight is 330 g/mol. The van der Waals surface area contributed by atoms with Crippen LogP contribution in [0.25, 0.3) is 0 Å². The Hall–Kier alpha value is -1.82. The van der Waals surface area contributed by atoms with E-state index in [2.05, 4.69) is 20.7 Å². The molecule has 1 aliphatic rings. The summed E-state index contributed by atoms with van der Waals surface area (Å²) < 4.78 is 0. The van der Waals surface area contributed by atoms with Gasteiger partial charge in [-0.25, -0.2) is 0 Å². The van der Waals surface area contributed by atoms with E-state index in [0.717, 1.165) is 23.4 Å². The molecule has 23 heavy (non-hydrogen) atoms. The number of nitrogens with zero attached hydrogens (tertiary/aromatic N) is 2. The molecular weight excluding hydrogens is 308 g/mol. The summed E-state index contributed by atoms with van der Waals surface area (Å²) in [6, 6.07) is 10.2. The molecule has 0 saturated heterocycles. The SMILES string of the molecule is O=C(NC1CCCCCC1)[C@@H](Sc1cn[nH]n1)c1ccccc1. The van der Waals surface area contributed by atoms with Crippen LogP contribution < -0.4 is 5.32 Å². The highest BCUT2D eigenvalue weighted by Gasteiger charge is 2.25. The molecule has 1 atom stereocenters. The number of H-pyrrole nitrogens is 1. The van der Waals surface area contributed by atoms with E-state index >= 15 is 0 Å². The van der Waals surface area contributed by atoms with E-state index in [1.807, 2.05) is 30.3 Å². The number of carbonyl (C=O) groups excluding carboxylic acids is 1. The number of thioether (sulfide) groups is 1. The summed E-state index contributed by atoms with van der Waals surface area (Å²) in [5, 5.41) is 14.2. The fourth-order valence-electron chi connectivity index (χ4n) is 2.97. The van der Waals surface area contributed by atoms with Gasteiger partial charge in [0, 0.05) is 6.04 Å². The summed E-state index contributed by atoms with van der Waals surface area (Å²) in [6.45, 7) is 0. The predicted octanol–water partition coefficient (Wildman–Crippen LogP) is 3.48. The lowest BCUT2D eigenvalue weighted by atomic mass is 10.1. The van der Waals surface area contributed by atoms with Crippen LogP contribution in [0.15, 0.2) is 41.6 Å². The normalized spacial score (nSPS) is 17.4. The van der Waals surface area contributed by atoms with E-state index in [1.54, 1.807) is 6.20 Å². The molecule has 1 aromatic heterocycles. The number of aromatic nitrogens is 3. The zero-order valence-electron chi connectivity index (χ0n) is 13.1. The molecule has 0 radical (unpaired) electrons. The van der Waals surface area contributed by atoms with Crippen molar-refractivity contribution in [1.29, 1.82) is 0 Å². The highest BCUT2D eigenvalue weighted by Crippen LogP contribution is 2.34. The van der Waals surface area contributed by atoms with Gasteiger partial charge >= 0.3 is 0 Å². The second-order valence-corrected chi connectivity index (χ2v) is 7.04. The Morgan fingerprint density at radius 3 is 2.57 bits per heavy atom. The Balaban J connectivity index is 1.72. The molecule has 1 heterocycles.